The van der Waals surface area contributed by atoms with Crippen molar-refractivity contribution in [2.75, 3.05) is 26.2 Å². The maximum Gasteiger partial charge on any atom is 0.410 e. The summed E-state index contributed by atoms with van der Waals surface area (Å²) >= 11 is 9.54. The molecular weight excluding hydrogens is 410 g/mol. The van der Waals surface area contributed by atoms with Gasteiger partial charge in [0.1, 0.15) is 18.3 Å². The van der Waals surface area contributed by atoms with Crippen LogP contribution in [0.3, 0.4) is 0 Å². The zero-order valence-electron chi connectivity index (χ0n) is 14.4. The number of piperazine rings is 1. The molecule has 1 N–H and O–H groups in total. The molecule has 0 radical (unpaired) electrons. The van der Waals surface area contributed by atoms with Gasteiger partial charge in [0.05, 0.1) is 16.6 Å². The largest absolute Gasteiger partial charge is 0.489 e. The lowest BCUT2D eigenvalue weighted by molar-refractivity contribution is 0.0178. The second-order valence-corrected chi connectivity index (χ2v) is 7.97. The minimum Gasteiger partial charge on any atom is -0.489 e. The van der Waals surface area contributed by atoms with Crippen molar-refractivity contribution < 1.29 is 14.3 Å². The normalized spacial score (nSPS) is 17.8. The number of nitriles is 1. The summed E-state index contributed by atoms with van der Waals surface area (Å²) in [5.41, 5.74) is -0.160. The minimum absolute atomic E-state index is 0.0807. The Kier molecular flexibility index (Phi) is 6.55. The van der Waals surface area contributed by atoms with E-state index in [2.05, 4.69) is 27.3 Å². The fourth-order valence-electron chi connectivity index (χ4n) is 2.37. The maximum absolute atomic E-state index is 12.2. The highest BCUT2D eigenvalue weighted by molar-refractivity contribution is 9.10. The van der Waals surface area contributed by atoms with Crippen molar-refractivity contribution in [1.29, 1.82) is 5.26 Å². The number of hydrogen-bond acceptors (Lipinski definition) is 5. The van der Waals surface area contributed by atoms with Gasteiger partial charge in [-0.15, -0.1) is 0 Å². The highest BCUT2D eigenvalue weighted by Gasteiger charge is 2.28. The van der Waals surface area contributed by atoms with Crippen LogP contribution in [-0.4, -0.2) is 48.9 Å². The number of ether oxygens (including phenoxy) is 2. The number of nitrogens with one attached hydrogen (secondary N) is 1. The molecule has 1 saturated heterocycles. The first-order valence-corrected chi connectivity index (χ1v) is 9.10. The third-order valence-electron chi connectivity index (χ3n) is 3.51. The molecule has 1 atom stereocenters. The molecule has 0 aliphatic carbocycles. The molecule has 2 rings (SSSR count). The van der Waals surface area contributed by atoms with E-state index < -0.39 is 5.60 Å². The zero-order chi connectivity index (χ0) is 18.6. The average molecular weight is 431 g/mol. The maximum atomic E-state index is 12.2. The lowest BCUT2D eigenvalue weighted by Gasteiger charge is -2.34. The molecule has 1 aliphatic heterocycles. The van der Waals surface area contributed by atoms with Crippen molar-refractivity contribution in [3.8, 4) is 11.8 Å². The first kappa shape index (κ1) is 19.8. The van der Waals surface area contributed by atoms with Gasteiger partial charge in [0.25, 0.3) is 0 Å². The number of benzene rings is 1. The zero-order valence-corrected chi connectivity index (χ0v) is 16.8. The lowest BCUT2D eigenvalue weighted by Crippen LogP contribution is -2.55. The lowest BCUT2D eigenvalue weighted by atomic mass is 10.2. The SMILES string of the molecule is CC(C)(C)OC(=O)N1CCNC(COc2c(C#N)ccc(Br)c2Cl)C1. The van der Waals surface area contributed by atoms with Crippen LogP contribution in [0, 0.1) is 11.3 Å². The van der Waals surface area contributed by atoms with Gasteiger partial charge in [-0.1, -0.05) is 11.6 Å². The Hall–Kier alpha value is -1.49. The summed E-state index contributed by atoms with van der Waals surface area (Å²) in [6.45, 7) is 7.48. The molecule has 1 aromatic rings. The summed E-state index contributed by atoms with van der Waals surface area (Å²) in [6.07, 6.45) is -0.336. The average Bonchev–Trinajstić information content (AvgIpc) is 2.55. The van der Waals surface area contributed by atoms with Crippen molar-refractivity contribution in [2.45, 2.75) is 32.4 Å². The van der Waals surface area contributed by atoms with Crippen LogP contribution in [0.1, 0.15) is 26.3 Å². The predicted octanol–water partition coefficient (Wildman–Crippen LogP) is 3.56. The molecule has 25 heavy (non-hydrogen) atoms. The fraction of sp³-hybridized carbons (Fsp3) is 0.529. The van der Waals surface area contributed by atoms with Crippen LogP contribution < -0.4 is 10.1 Å². The summed E-state index contributed by atoms with van der Waals surface area (Å²) in [5.74, 6) is 0.342. The van der Waals surface area contributed by atoms with Gasteiger partial charge in [-0.3, -0.25) is 0 Å². The Balaban J connectivity index is 1.99. The molecular formula is C17H21BrClN3O3. The number of carbonyl (C=O) groups is 1. The van der Waals surface area contributed by atoms with Crippen molar-refractivity contribution in [2.24, 2.45) is 0 Å². The van der Waals surface area contributed by atoms with E-state index in [9.17, 15) is 10.1 Å². The van der Waals surface area contributed by atoms with Crippen molar-refractivity contribution in [3.05, 3.63) is 27.2 Å². The molecule has 1 unspecified atom stereocenters. The van der Waals surface area contributed by atoms with Crippen LogP contribution in [0.4, 0.5) is 4.79 Å². The Morgan fingerprint density at radius 2 is 2.24 bits per heavy atom. The molecule has 0 saturated carbocycles. The second kappa shape index (κ2) is 8.26. The molecule has 1 fully saturated rings. The third kappa shape index (κ3) is 5.50. The van der Waals surface area contributed by atoms with E-state index in [4.69, 9.17) is 21.1 Å². The summed E-state index contributed by atoms with van der Waals surface area (Å²) in [4.78, 5) is 13.9. The Bertz CT molecular complexity index is 685. The molecule has 1 aromatic carbocycles. The monoisotopic (exact) mass is 429 g/mol. The van der Waals surface area contributed by atoms with Crippen LogP contribution >= 0.6 is 27.5 Å². The number of amides is 1. The van der Waals surface area contributed by atoms with E-state index in [1.807, 2.05) is 20.8 Å². The molecule has 136 valence electrons. The molecule has 6 nitrogen and oxygen atoms in total. The van der Waals surface area contributed by atoms with Gasteiger partial charge in [-0.05, 0) is 48.8 Å². The van der Waals surface area contributed by atoms with E-state index in [-0.39, 0.29) is 18.7 Å². The Morgan fingerprint density at radius 3 is 2.88 bits per heavy atom. The number of hydrogen-bond donors (Lipinski definition) is 1. The summed E-state index contributed by atoms with van der Waals surface area (Å²) in [6, 6.07) is 5.34. The molecule has 1 heterocycles. The van der Waals surface area contributed by atoms with Crippen molar-refractivity contribution in [1.82, 2.24) is 10.2 Å². The number of nitrogens with zero attached hydrogens (tertiary/aromatic N) is 2. The molecule has 0 spiro atoms. The third-order valence-corrected chi connectivity index (χ3v) is 4.77. The van der Waals surface area contributed by atoms with E-state index in [0.29, 0.717) is 40.4 Å². The number of halogens is 2. The molecule has 0 aromatic heterocycles. The van der Waals surface area contributed by atoms with Crippen LogP contribution in [0.15, 0.2) is 16.6 Å². The van der Waals surface area contributed by atoms with Gasteiger partial charge in [0, 0.05) is 24.1 Å². The smallest absolute Gasteiger partial charge is 0.410 e. The van der Waals surface area contributed by atoms with Gasteiger partial charge >= 0.3 is 6.09 Å². The molecule has 8 heteroatoms. The van der Waals surface area contributed by atoms with E-state index in [0.717, 1.165) is 0 Å². The van der Waals surface area contributed by atoms with Gasteiger partial charge in [-0.25, -0.2) is 4.79 Å². The quantitative estimate of drug-likeness (QED) is 0.793. The first-order valence-electron chi connectivity index (χ1n) is 7.93. The standard InChI is InChI=1S/C17H21BrClN3O3/c1-17(2,3)25-16(23)22-7-6-21-12(9-22)10-24-15-11(8-20)4-5-13(18)14(15)19/h4-5,12,21H,6-7,9-10H2,1-3H3. The van der Waals surface area contributed by atoms with E-state index in [1.54, 1.807) is 17.0 Å². The van der Waals surface area contributed by atoms with Crippen LogP contribution in [-0.2, 0) is 4.74 Å². The van der Waals surface area contributed by atoms with Gasteiger partial charge in [0.15, 0.2) is 5.75 Å². The Labute approximate surface area is 161 Å². The Morgan fingerprint density at radius 1 is 1.52 bits per heavy atom. The van der Waals surface area contributed by atoms with E-state index >= 15 is 0 Å². The second-order valence-electron chi connectivity index (χ2n) is 6.74. The molecule has 1 aliphatic rings. The summed E-state index contributed by atoms with van der Waals surface area (Å²) in [7, 11) is 0. The van der Waals surface area contributed by atoms with Crippen molar-refractivity contribution >= 4 is 33.6 Å². The summed E-state index contributed by atoms with van der Waals surface area (Å²) in [5, 5.41) is 12.9. The van der Waals surface area contributed by atoms with Crippen LogP contribution in [0.5, 0.6) is 5.75 Å². The predicted molar refractivity (Wildman–Crippen MR) is 99.0 cm³/mol. The van der Waals surface area contributed by atoms with Crippen molar-refractivity contribution in [3.63, 3.8) is 0 Å². The number of carbonyl (C=O) groups excluding carboxylic acids is 1. The number of rotatable bonds is 3. The highest BCUT2D eigenvalue weighted by Crippen LogP contribution is 2.35. The first-order chi connectivity index (χ1) is 11.7. The van der Waals surface area contributed by atoms with Crippen LogP contribution in [0.25, 0.3) is 0 Å². The topological polar surface area (TPSA) is 74.6 Å². The van der Waals surface area contributed by atoms with Gasteiger partial charge < -0.3 is 19.7 Å². The molecule has 1 amide bonds. The van der Waals surface area contributed by atoms with E-state index in [1.165, 1.54) is 0 Å². The van der Waals surface area contributed by atoms with Gasteiger partial charge in [-0.2, -0.15) is 5.26 Å². The highest BCUT2D eigenvalue weighted by atomic mass is 79.9. The van der Waals surface area contributed by atoms with Crippen LogP contribution in [0.2, 0.25) is 5.02 Å². The summed E-state index contributed by atoms with van der Waals surface area (Å²) < 4.78 is 11.9. The molecule has 0 bridgehead atoms. The minimum atomic E-state index is -0.528. The fourth-order valence-corrected chi connectivity index (χ4v) is 2.91. The van der Waals surface area contributed by atoms with Gasteiger partial charge in [0.2, 0.25) is 0 Å².